The van der Waals surface area contributed by atoms with Gasteiger partial charge >= 0.3 is 5.97 Å². The zero-order chi connectivity index (χ0) is 14.8. The van der Waals surface area contributed by atoms with Crippen LogP contribution in [0.4, 0.5) is 0 Å². The van der Waals surface area contributed by atoms with Crippen LogP contribution in [-0.4, -0.2) is 41.0 Å². The van der Waals surface area contributed by atoms with Crippen molar-refractivity contribution in [1.82, 2.24) is 19.7 Å². The molecule has 2 heterocycles. The van der Waals surface area contributed by atoms with Crippen molar-refractivity contribution in [2.45, 2.75) is 10.8 Å². The highest BCUT2D eigenvalue weighted by Crippen LogP contribution is 2.25. The number of carboxylic acids is 1. The Kier molecular flexibility index (Phi) is 4.52. The van der Waals surface area contributed by atoms with E-state index in [0.717, 1.165) is 15.1 Å². The minimum Gasteiger partial charge on any atom is -0.476 e. The maximum atomic E-state index is 11.9. The predicted molar refractivity (Wildman–Crippen MR) is 74.2 cm³/mol. The molecule has 0 unspecified atom stereocenters. The van der Waals surface area contributed by atoms with Crippen LogP contribution in [0.3, 0.4) is 0 Å². The zero-order valence-corrected chi connectivity index (χ0v) is 13.1. The molecular weight excluding hydrogens is 372 g/mol. The molecule has 0 fully saturated rings. The average molecular weight is 381 g/mol. The summed E-state index contributed by atoms with van der Waals surface area (Å²) in [7, 11) is -3.56. The van der Waals surface area contributed by atoms with E-state index in [1.807, 2.05) is 0 Å². The van der Waals surface area contributed by atoms with Gasteiger partial charge in [-0.2, -0.15) is 0 Å². The van der Waals surface area contributed by atoms with E-state index >= 15 is 0 Å². The Morgan fingerprint density at radius 3 is 2.80 bits per heavy atom. The second-order valence-corrected chi connectivity index (χ2v) is 8.09. The van der Waals surface area contributed by atoms with E-state index in [1.165, 1.54) is 16.9 Å². The maximum Gasteiger partial charge on any atom is 0.358 e. The summed E-state index contributed by atoms with van der Waals surface area (Å²) >= 11 is 4.30. The van der Waals surface area contributed by atoms with Crippen LogP contribution in [0.1, 0.15) is 10.5 Å². The van der Waals surface area contributed by atoms with Gasteiger partial charge in [-0.05, 0) is 28.1 Å². The van der Waals surface area contributed by atoms with Crippen molar-refractivity contribution in [1.29, 1.82) is 0 Å². The van der Waals surface area contributed by atoms with E-state index in [2.05, 4.69) is 31.0 Å². The lowest BCUT2D eigenvalue weighted by Gasteiger charge is -2.04. The topological polar surface area (TPSA) is 114 Å². The minimum absolute atomic E-state index is 0.0836. The molecule has 0 aliphatic heterocycles. The first-order valence-electron chi connectivity index (χ1n) is 5.27. The zero-order valence-electron chi connectivity index (χ0n) is 9.85. The third kappa shape index (κ3) is 3.62. The molecule has 0 bridgehead atoms. The van der Waals surface area contributed by atoms with E-state index < -0.39 is 16.0 Å². The Labute approximate surface area is 126 Å². The molecule has 20 heavy (non-hydrogen) atoms. The van der Waals surface area contributed by atoms with E-state index in [4.69, 9.17) is 5.11 Å². The van der Waals surface area contributed by atoms with Gasteiger partial charge in [0.25, 0.3) is 0 Å². The number of hydrogen-bond donors (Lipinski definition) is 2. The van der Waals surface area contributed by atoms with Crippen molar-refractivity contribution in [3.63, 3.8) is 0 Å². The molecule has 0 aliphatic rings. The van der Waals surface area contributed by atoms with Gasteiger partial charge in [0.05, 0.1) is 16.5 Å². The predicted octanol–water partition coefficient (Wildman–Crippen LogP) is 0.779. The molecule has 11 heteroatoms. The molecule has 108 valence electrons. The summed E-state index contributed by atoms with van der Waals surface area (Å²) in [6, 6.07) is 3.14. The number of hydrogen-bond acceptors (Lipinski definition) is 6. The minimum atomic E-state index is -3.56. The van der Waals surface area contributed by atoms with Gasteiger partial charge in [-0.1, -0.05) is 5.21 Å². The average Bonchev–Trinajstić information content (AvgIpc) is 2.98. The fraction of sp³-hybridized carbons (Fsp3) is 0.222. The van der Waals surface area contributed by atoms with Crippen LogP contribution >= 0.6 is 27.3 Å². The Balaban J connectivity index is 1.93. The molecular formula is C9H9BrN4O4S2. The molecule has 0 amide bonds. The Morgan fingerprint density at radius 1 is 1.50 bits per heavy atom. The second-order valence-electron chi connectivity index (χ2n) is 3.63. The standard InChI is InChI=1S/C9H9BrN4O4S2/c10-7-1-2-8(19-7)20(17,18)11-3-4-14-5-6(9(15)16)12-13-14/h1-2,5,11H,3-4H2,(H,15,16). The number of sulfonamides is 1. The molecule has 2 rings (SSSR count). The molecule has 0 aliphatic carbocycles. The van der Waals surface area contributed by atoms with Crippen LogP contribution in [0.2, 0.25) is 0 Å². The second kappa shape index (κ2) is 5.99. The summed E-state index contributed by atoms with van der Waals surface area (Å²) in [5, 5.41) is 15.7. The first-order valence-corrected chi connectivity index (χ1v) is 8.36. The summed E-state index contributed by atoms with van der Waals surface area (Å²) < 4.78 is 28.4. The van der Waals surface area contributed by atoms with Crippen LogP contribution < -0.4 is 4.72 Å². The largest absolute Gasteiger partial charge is 0.476 e. The van der Waals surface area contributed by atoms with E-state index in [1.54, 1.807) is 6.07 Å². The summed E-state index contributed by atoms with van der Waals surface area (Å²) in [6.45, 7) is 0.270. The van der Waals surface area contributed by atoms with Crippen LogP contribution in [0.5, 0.6) is 0 Å². The third-order valence-electron chi connectivity index (χ3n) is 2.20. The van der Waals surface area contributed by atoms with Crippen LogP contribution in [0, 0.1) is 0 Å². The Morgan fingerprint density at radius 2 is 2.25 bits per heavy atom. The van der Waals surface area contributed by atoms with E-state index in [0.29, 0.717) is 0 Å². The monoisotopic (exact) mass is 380 g/mol. The summed E-state index contributed by atoms with van der Waals surface area (Å²) in [4.78, 5) is 10.6. The van der Waals surface area contributed by atoms with Crippen molar-refractivity contribution >= 4 is 43.3 Å². The Hall–Kier alpha value is -1.30. The lowest BCUT2D eigenvalue weighted by atomic mass is 10.5. The van der Waals surface area contributed by atoms with Crippen molar-refractivity contribution < 1.29 is 18.3 Å². The highest BCUT2D eigenvalue weighted by atomic mass is 79.9. The quantitative estimate of drug-likeness (QED) is 0.764. The normalized spacial score (nSPS) is 11.7. The molecule has 0 saturated carbocycles. The Bertz CT molecular complexity index is 724. The highest BCUT2D eigenvalue weighted by Gasteiger charge is 2.16. The highest BCUT2D eigenvalue weighted by molar-refractivity contribution is 9.11. The lowest BCUT2D eigenvalue weighted by Crippen LogP contribution is -2.27. The molecule has 2 aromatic heterocycles. The summed E-state index contributed by atoms with van der Waals surface area (Å²) in [6.07, 6.45) is 1.23. The number of thiophene rings is 1. The van der Waals surface area contributed by atoms with Gasteiger partial charge in [0.1, 0.15) is 4.21 Å². The first kappa shape index (κ1) is 15.1. The van der Waals surface area contributed by atoms with Gasteiger partial charge in [0.2, 0.25) is 10.0 Å². The van der Waals surface area contributed by atoms with Crippen molar-refractivity contribution in [3.8, 4) is 0 Å². The molecule has 0 spiro atoms. The SMILES string of the molecule is O=C(O)c1cn(CCNS(=O)(=O)c2ccc(Br)s2)nn1. The maximum absolute atomic E-state index is 11.9. The number of rotatable bonds is 6. The van der Waals surface area contributed by atoms with Crippen LogP contribution in [0.15, 0.2) is 26.3 Å². The molecule has 0 saturated heterocycles. The van der Waals surface area contributed by atoms with E-state index in [-0.39, 0.29) is 23.0 Å². The smallest absolute Gasteiger partial charge is 0.358 e. The third-order valence-corrected chi connectivity index (χ3v) is 5.78. The van der Waals surface area contributed by atoms with Gasteiger partial charge in [0, 0.05) is 6.54 Å². The molecule has 2 aromatic rings. The van der Waals surface area contributed by atoms with Crippen LogP contribution in [-0.2, 0) is 16.6 Å². The fourth-order valence-corrected chi connectivity index (χ4v) is 4.39. The van der Waals surface area contributed by atoms with Crippen LogP contribution in [0.25, 0.3) is 0 Å². The van der Waals surface area contributed by atoms with Crippen molar-refractivity contribution in [3.05, 3.63) is 27.8 Å². The molecule has 8 nitrogen and oxygen atoms in total. The number of nitrogens with zero attached hydrogens (tertiary/aromatic N) is 3. The summed E-state index contributed by atoms with van der Waals surface area (Å²) in [5.41, 5.74) is -0.185. The van der Waals surface area contributed by atoms with E-state index in [9.17, 15) is 13.2 Å². The van der Waals surface area contributed by atoms with Gasteiger partial charge in [-0.3, -0.25) is 4.68 Å². The summed E-state index contributed by atoms with van der Waals surface area (Å²) in [5.74, 6) is -1.18. The number of halogens is 1. The fourth-order valence-electron chi connectivity index (χ4n) is 1.31. The van der Waals surface area contributed by atoms with Gasteiger partial charge in [-0.15, -0.1) is 16.4 Å². The van der Waals surface area contributed by atoms with Crippen molar-refractivity contribution in [2.24, 2.45) is 0 Å². The molecule has 0 aromatic carbocycles. The number of carbonyl (C=O) groups is 1. The van der Waals surface area contributed by atoms with Gasteiger partial charge < -0.3 is 5.11 Å². The lowest BCUT2D eigenvalue weighted by molar-refractivity contribution is 0.0690. The molecule has 0 radical (unpaired) electrons. The van der Waals surface area contributed by atoms with Gasteiger partial charge in [0.15, 0.2) is 5.69 Å². The van der Waals surface area contributed by atoms with Gasteiger partial charge in [-0.25, -0.2) is 17.9 Å². The van der Waals surface area contributed by atoms with Crippen molar-refractivity contribution in [2.75, 3.05) is 6.54 Å². The molecule has 2 N–H and O–H groups in total. The number of nitrogens with one attached hydrogen (secondary N) is 1. The number of aromatic nitrogens is 3. The number of carboxylic acid groups (broad SMARTS) is 1. The number of aromatic carboxylic acids is 1. The molecule has 0 atom stereocenters. The first-order chi connectivity index (χ1) is 9.38.